The molecule has 0 aromatic rings. The van der Waals surface area contributed by atoms with Crippen LogP contribution in [0.2, 0.25) is 0 Å². The van der Waals surface area contributed by atoms with Gasteiger partial charge in [-0.15, -0.1) is 6.92 Å². The molecule has 0 aliphatic carbocycles. The Morgan fingerprint density at radius 2 is 2.14 bits per heavy atom. The van der Waals surface area contributed by atoms with E-state index in [-0.39, 0.29) is 32.7 Å². The molecule has 2 heteroatoms. The Kier molecular flexibility index (Phi) is 9.76. The van der Waals surface area contributed by atoms with E-state index < -0.39 is 0 Å². The van der Waals surface area contributed by atoms with Crippen LogP contribution >= 0.6 is 0 Å². The Morgan fingerprint density at radius 1 is 1.71 bits per heavy atom. The molecule has 7 heavy (non-hydrogen) atoms. The van der Waals surface area contributed by atoms with Crippen LogP contribution in [0.25, 0.3) is 0 Å². The van der Waals surface area contributed by atoms with Gasteiger partial charge in [0.2, 0.25) is 0 Å². The second kappa shape index (κ2) is 6.51. The van der Waals surface area contributed by atoms with E-state index in [1.807, 2.05) is 0 Å². The average Bonchev–Trinajstić information content (AvgIpc) is 1.65. The Balaban J connectivity index is 0. The van der Waals surface area contributed by atoms with E-state index in [1.165, 1.54) is 0 Å². The summed E-state index contributed by atoms with van der Waals surface area (Å²) in [6.45, 7) is 3.52. The number of allylic oxidation sites excluding steroid dienone is 2. The molecule has 0 heterocycles. The fraction of sp³-hybridized carbons (Fsp3) is 0.400. The SMILES string of the molecule is C/C=C(\C)[C-]=O.[Y+3]. The van der Waals surface area contributed by atoms with E-state index in [1.54, 1.807) is 26.2 Å². The van der Waals surface area contributed by atoms with Crippen LogP contribution in [-0.2, 0) is 37.5 Å². The number of rotatable bonds is 1. The Labute approximate surface area is 69.1 Å². The van der Waals surface area contributed by atoms with Crippen molar-refractivity contribution < 1.29 is 37.5 Å². The van der Waals surface area contributed by atoms with Gasteiger partial charge in [0.25, 0.3) is 0 Å². The molecule has 0 aliphatic heterocycles. The molecule has 0 aromatic carbocycles. The third kappa shape index (κ3) is 6.51. The van der Waals surface area contributed by atoms with Gasteiger partial charge in [0.05, 0.1) is 0 Å². The predicted molar refractivity (Wildman–Crippen MR) is 25.1 cm³/mol. The minimum Gasteiger partial charge on any atom is -0.419 e. The maximum absolute atomic E-state index is 9.54. The molecule has 34 valence electrons. The Bertz CT molecular complexity index is 76.1. The average molecular weight is 172 g/mol. The molecule has 0 saturated heterocycles. The first-order valence-corrected chi connectivity index (χ1v) is 1.82. The first-order valence-electron chi connectivity index (χ1n) is 1.82. The van der Waals surface area contributed by atoms with E-state index >= 15 is 0 Å². The molecule has 0 unspecified atom stereocenters. The molecule has 0 saturated carbocycles. The van der Waals surface area contributed by atoms with Crippen molar-refractivity contribution >= 4 is 6.29 Å². The fourth-order valence-corrected chi connectivity index (χ4v) is 0.0589. The van der Waals surface area contributed by atoms with Gasteiger partial charge in [-0.2, -0.15) is 5.57 Å². The minimum atomic E-state index is 0. The summed E-state index contributed by atoms with van der Waals surface area (Å²) in [5.74, 6) is 0. The van der Waals surface area contributed by atoms with E-state index in [9.17, 15) is 4.79 Å². The molecule has 0 bridgehead atoms. The van der Waals surface area contributed by atoms with Gasteiger partial charge in [-0.25, -0.2) is 6.08 Å². The molecule has 0 aromatic heterocycles. The van der Waals surface area contributed by atoms with Gasteiger partial charge in [-0.1, -0.05) is 6.92 Å². The smallest absolute Gasteiger partial charge is 0.419 e. The first-order chi connectivity index (χ1) is 2.81. The minimum absolute atomic E-state index is 0. The summed E-state index contributed by atoms with van der Waals surface area (Å²) in [5, 5.41) is 0. The van der Waals surface area contributed by atoms with E-state index in [4.69, 9.17) is 0 Å². The molecule has 0 N–H and O–H groups in total. The normalized spacial score (nSPS) is 9.71. The maximum atomic E-state index is 9.54. The van der Waals surface area contributed by atoms with Crippen LogP contribution in [0.15, 0.2) is 11.6 Å². The standard InChI is InChI=1S/C5H7O.Y/c1-3-5(2)4-6;/h3H,1-2H3;/q-1;+3/b5-3+;. The summed E-state index contributed by atoms with van der Waals surface area (Å²) in [7, 11) is 0. The van der Waals surface area contributed by atoms with Gasteiger partial charge in [-0.3, -0.25) is 0 Å². The van der Waals surface area contributed by atoms with Gasteiger partial charge < -0.3 is 4.79 Å². The zero-order chi connectivity index (χ0) is 4.99. The monoisotopic (exact) mass is 172 g/mol. The molecular formula is C5H7OY+2. The topological polar surface area (TPSA) is 17.1 Å². The Hall–Kier alpha value is 0.514. The van der Waals surface area contributed by atoms with Crippen LogP contribution < -0.4 is 0 Å². The van der Waals surface area contributed by atoms with Crippen molar-refractivity contribution in [3.63, 3.8) is 0 Å². The molecule has 0 radical (unpaired) electrons. The summed E-state index contributed by atoms with van der Waals surface area (Å²) in [5.41, 5.74) is 0.662. The molecule has 1 nitrogen and oxygen atoms in total. The molecule has 0 spiro atoms. The maximum Gasteiger partial charge on any atom is 3.00 e. The first kappa shape index (κ1) is 10.5. The van der Waals surface area contributed by atoms with Gasteiger partial charge in [-0.05, 0) is 6.29 Å². The molecule has 0 atom stereocenters. The number of hydrogen-bond acceptors (Lipinski definition) is 1. The molecule has 0 amide bonds. The van der Waals surface area contributed by atoms with Crippen molar-refractivity contribution in [3.8, 4) is 0 Å². The summed E-state index contributed by atoms with van der Waals surface area (Å²) in [6.07, 6.45) is 3.44. The van der Waals surface area contributed by atoms with Gasteiger partial charge >= 0.3 is 32.7 Å². The molecule has 0 rings (SSSR count). The van der Waals surface area contributed by atoms with Gasteiger partial charge in [0, 0.05) is 0 Å². The predicted octanol–water partition coefficient (Wildman–Crippen LogP) is 1.06. The summed E-state index contributed by atoms with van der Waals surface area (Å²) in [4.78, 5) is 9.54. The van der Waals surface area contributed by atoms with Gasteiger partial charge in [0.1, 0.15) is 0 Å². The van der Waals surface area contributed by atoms with Crippen molar-refractivity contribution in [3.05, 3.63) is 11.6 Å². The van der Waals surface area contributed by atoms with E-state index in [2.05, 4.69) is 0 Å². The van der Waals surface area contributed by atoms with Crippen molar-refractivity contribution in [2.24, 2.45) is 0 Å². The zero-order valence-corrected chi connectivity index (χ0v) is 7.40. The van der Waals surface area contributed by atoms with Crippen LogP contribution in [0.3, 0.4) is 0 Å². The van der Waals surface area contributed by atoms with Crippen LogP contribution in [0.1, 0.15) is 13.8 Å². The molecule has 0 aliphatic rings. The van der Waals surface area contributed by atoms with Crippen molar-refractivity contribution in [2.45, 2.75) is 13.8 Å². The summed E-state index contributed by atoms with van der Waals surface area (Å²) < 4.78 is 0. The van der Waals surface area contributed by atoms with Crippen LogP contribution in [0.4, 0.5) is 0 Å². The number of hydrogen-bond donors (Lipinski definition) is 0. The molecular weight excluding hydrogens is 165 g/mol. The second-order valence-corrected chi connectivity index (χ2v) is 1.07. The summed E-state index contributed by atoms with van der Waals surface area (Å²) >= 11 is 0. The third-order valence-electron chi connectivity index (χ3n) is 0.594. The molecule has 0 fully saturated rings. The largest absolute Gasteiger partial charge is 3.00 e. The summed E-state index contributed by atoms with van der Waals surface area (Å²) in [6, 6.07) is 0. The van der Waals surface area contributed by atoms with Crippen molar-refractivity contribution in [1.29, 1.82) is 0 Å². The van der Waals surface area contributed by atoms with Crippen LogP contribution in [0, 0.1) is 0 Å². The zero-order valence-electron chi connectivity index (χ0n) is 4.56. The second-order valence-electron chi connectivity index (χ2n) is 1.07. The van der Waals surface area contributed by atoms with Crippen LogP contribution in [-0.4, -0.2) is 6.29 Å². The van der Waals surface area contributed by atoms with Crippen LogP contribution in [0.5, 0.6) is 0 Å². The third-order valence-corrected chi connectivity index (χ3v) is 0.594. The fourth-order valence-electron chi connectivity index (χ4n) is 0.0589. The van der Waals surface area contributed by atoms with E-state index in [0.29, 0.717) is 5.57 Å². The van der Waals surface area contributed by atoms with Gasteiger partial charge in [0.15, 0.2) is 0 Å². The number of carbonyl (C=O) groups excluding carboxylic acids is 1. The van der Waals surface area contributed by atoms with E-state index in [0.717, 1.165) is 0 Å². The van der Waals surface area contributed by atoms with Crippen molar-refractivity contribution in [1.82, 2.24) is 0 Å². The quantitative estimate of drug-likeness (QED) is 0.427. The van der Waals surface area contributed by atoms with Crippen molar-refractivity contribution in [2.75, 3.05) is 0 Å². The Morgan fingerprint density at radius 3 is 2.14 bits per heavy atom.